The van der Waals surface area contributed by atoms with Gasteiger partial charge in [-0.25, -0.2) is 4.79 Å². The Morgan fingerprint density at radius 1 is 1.30 bits per heavy atom. The Bertz CT molecular complexity index is 672. The molecule has 1 aliphatic heterocycles. The van der Waals surface area contributed by atoms with E-state index in [-0.39, 0.29) is 5.91 Å². The Morgan fingerprint density at radius 2 is 2.04 bits per heavy atom. The van der Waals surface area contributed by atoms with Gasteiger partial charge in [-0.2, -0.15) is 5.10 Å². The molecule has 0 aromatic carbocycles. The molecule has 3 fully saturated rings. The number of furan rings is 1. The number of imide groups is 1. The summed E-state index contributed by atoms with van der Waals surface area (Å²) in [5.74, 6) is 2.47. The van der Waals surface area contributed by atoms with Crippen LogP contribution in [0.5, 0.6) is 0 Å². The molecule has 1 N–H and O–H groups in total. The van der Waals surface area contributed by atoms with E-state index in [0.717, 1.165) is 36.5 Å². The van der Waals surface area contributed by atoms with Crippen molar-refractivity contribution >= 4 is 18.2 Å². The van der Waals surface area contributed by atoms with Crippen LogP contribution in [0.15, 0.2) is 21.7 Å². The maximum Gasteiger partial charge on any atom is 0.346 e. The monoisotopic (exact) mass is 315 g/mol. The quantitative estimate of drug-likeness (QED) is 0.688. The summed E-state index contributed by atoms with van der Waals surface area (Å²) in [4.78, 5) is 24.7. The fourth-order valence-corrected chi connectivity index (χ4v) is 3.68. The molecule has 6 nitrogen and oxygen atoms in total. The van der Waals surface area contributed by atoms with Crippen LogP contribution in [0.1, 0.15) is 62.9 Å². The number of amides is 3. The predicted molar refractivity (Wildman–Crippen MR) is 84.0 cm³/mol. The number of nitrogens with one attached hydrogen (secondary N) is 1. The van der Waals surface area contributed by atoms with Crippen molar-refractivity contribution in [1.82, 2.24) is 10.3 Å². The summed E-state index contributed by atoms with van der Waals surface area (Å²) >= 11 is 0. The van der Waals surface area contributed by atoms with Crippen molar-refractivity contribution in [2.45, 2.75) is 56.9 Å². The van der Waals surface area contributed by atoms with Gasteiger partial charge in [0.1, 0.15) is 17.1 Å². The van der Waals surface area contributed by atoms with Crippen molar-refractivity contribution < 1.29 is 14.0 Å². The van der Waals surface area contributed by atoms with Gasteiger partial charge in [0.05, 0.1) is 6.21 Å². The Kier molecular flexibility index (Phi) is 3.28. The van der Waals surface area contributed by atoms with E-state index in [1.54, 1.807) is 0 Å². The van der Waals surface area contributed by atoms with Crippen LogP contribution in [0.4, 0.5) is 4.79 Å². The van der Waals surface area contributed by atoms with Crippen molar-refractivity contribution in [3.8, 4) is 0 Å². The van der Waals surface area contributed by atoms with Gasteiger partial charge in [-0.1, -0.05) is 26.2 Å². The highest BCUT2D eigenvalue weighted by Gasteiger charge is 2.51. The zero-order chi connectivity index (χ0) is 16.0. The summed E-state index contributed by atoms with van der Waals surface area (Å²) in [5.41, 5.74) is -0.732. The van der Waals surface area contributed by atoms with Gasteiger partial charge in [-0.05, 0) is 37.3 Å². The number of rotatable bonds is 3. The molecule has 2 aliphatic carbocycles. The first kappa shape index (κ1) is 14.5. The van der Waals surface area contributed by atoms with Gasteiger partial charge in [0.15, 0.2) is 0 Å². The third-order valence-electron chi connectivity index (χ3n) is 5.27. The van der Waals surface area contributed by atoms with Crippen LogP contribution in [0.25, 0.3) is 0 Å². The average molecular weight is 315 g/mol. The molecule has 1 aromatic rings. The fourth-order valence-electron chi connectivity index (χ4n) is 3.68. The average Bonchev–Trinajstić information content (AvgIpc) is 3.01. The molecule has 122 valence electrons. The summed E-state index contributed by atoms with van der Waals surface area (Å²) in [5, 5.41) is 7.86. The van der Waals surface area contributed by atoms with Crippen LogP contribution in [-0.2, 0) is 4.79 Å². The molecule has 6 heteroatoms. The number of urea groups is 1. The van der Waals surface area contributed by atoms with Crippen LogP contribution in [-0.4, -0.2) is 28.7 Å². The number of carbonyl (C=O) groups is 2. The lowest BCUT2D eigenvalue weighted by Gasteiger charge is -2.29. The highest BCUT2D eigenvalue weighted by molar-refractivity contribution is 6.07. The van der Waals surface area contributed by atoms with Gasteiger partial charge >= 0.3 is 6.03 Å². The maximum absolute atomic E-state index is 12.6. The summed E-state index contributed by atoms with van der Waals surface area (Å²) in [6.45, 7) is 2.19. The molecule has 23 heavy (non-hydrogen) atoms. The van der Waals surface area contributed by atoms with Gasteiger partial charge in [0, 0.05) is 5.92 Å². The first-order chi connectivity index (χ1) is 11.1. The lowest BCUT2D eigenvalue weighted by atomic mass is 9.82. The number of nitrogens with zero attached hydrogens (tertiary/aromatic N) is 2. The van der Waals surface area contributed by atoms with Crippen molar-refractivity contribution in [1.29, 1.82) is 0 Å². The lowest BCUT2D eigenvalue weighted by molar-refractivity contribution is -0.132. The molecule has 0 unspecified atom stereocenters. The second-order valence-corrected chi connectivity index (χ2v) is 6.99. The van der Waals surface area contributed by atoms with E-state index in [9.17, 15) is 9.59 Å². The van der Waals surface area contributed by atoms with Crippen molar-refractivity contribution in [3.05, 3.63) is 23.7 Å². The Hall–Kier alpha value is -2.11. The largest absolute Gasteiger partial charge is 0.460 e. The van der Waals surface area contributed by atoms with E-state index >= 15 is 0 Å². The Labute approximate surface area is 134 Å². The molecule has 0 radical (unpaired) electrons. The van der Waals surface area contributed by atoms with E-state index in [0.29, 0.717) is 30.4 Å². The number of hydrogen-bond acceptors (Lipinski definition) is 4. The first-order valence-electron chi connectivity index (χ1n) is 8.39. The minimum absolute atomic E-state index is 0.235. The second kappa shape index (κ2) is 5.22. The van der Waals surface area contributed by atoms with Crippen LogP contribution in [0.2, 0.25) is 0 Å². The zero-order valence-corrected chi connectivity index (χ0v) is 13.2. The highest BCUT2D eigenvalue weighted by Crippen LogP contribution is 2.47. The minimum atomic E-state index is -0.732. The van der Waals surface area contributed by atoms with Gasteiger partial charge < -0.3 is 9.73 Å². The van der Waals surface area contributed by atoms with Crippen molar-refractivity contribution in [2.24, 2.45) is 11.0 Å². The van der Waals surface area contributed by atoms with Gasteiger partial charge in [0.2, 0.25) is 0 Å². The molecule has 1 spiro atoms. The molecule has 2 saturated carbocycles. The molecular weight excluding hydrogens is 294 g/mol. The van der Waals surface area contributed by atoms with Crippen molar-refractivity contribution in [2.75, 3.05) is 0 Å². The topological polar surface area (TPSA) is 74.9 Å². The molecule has 2 heterocycles. The van der Waals surface area contributed by atoms with Gasteiger partial charge in [-0.3, -0.25) is 4.79 Å². The fraction of sp³-hybridized carbons (Fsp3) is 0.588. The standard InChI is InChI=1S/C17H21N3O3/c1-11-9-13(11)14-6-5-12(23-14)10-18-20-15(21)17(19-16(20)22)7-3-2-4-8-17/h5-6,10-11,13H,2-4,7-9H2,1H3,(H,19,22)/b18-10-/t11-,13-/m0/s1. The summed E-state index contributed by atoms with van der Waals surface area (Å²) in [6.07, 6.45) is 7.05. The van der Waals surface area contributed by atoms with Crippen molar-refractivity contribution in [3.63, 3.8) is 0 Å². The highest BCUT2D eigenvalue weighted by atomic mass is 16.3. The molecule has 2 atom stereocenters. The van der Waals surface area contributed by atoms with E-state index in [4.69, 9.17) is 4.42 Å². The molecule has 3 amide bonds. The smallest absolute Gasteiger partial charge is 0.346 e. The third-order valence-corrected chi connectivity index (χ3v) is 5.27. The second-order valence-electron chi connectivity index (χ2n) is 6.99. The molecule has 3 aliphatic rings. The third kappa shape index (κ3) is 2.46. The molecule has 4 rings (SSSR count). The predicted octanol–water partition coefficient (Wildman–Crippen LogP) is 2.99. The Balaban J connectivity index is 1.48. The SMILES string of the molecule is C[C@H]1C[C@@H]1c1ccc(/C=N\N2C(=O)NC3(CCCCC3)C2=O)o1. The Morgan fingerprint density at radius 3 is 2.74 bits per heavy atom. The number of carbonyl (C=O) groups excluding carboxylic acids is 2. The molecule has 0 bridgehead atoms. The van der Waals surface area contributed by atoms with Gasteiger partial charge in [-0.15, -0.1) is 5.01 Å². The summed E-state index contributed by atoms with van der Waals surface area (Å²) < 4.78 is 5.73. The van der Waals surface area contributed by atoms with Crippen LogP contribution in [0.3, 0.4) is 0 Å². The zero-order valence-electron chi connectivity index (χ0n) is 13.2. The van der Waals surface area contributed by atoms with Gasteiger partial charge in [0.25, 0.3) is 5.91 Å². The summed E-state index contributed by atoms with van der Waals surface area (Å²) in [7, 11) is 0. The minimum Gasteiger partial charge on any atom is -0.460 e. The van der Waals surface area contributed by atoms with E-state index in [1.807, 2.05) is 12.1 Å². The summed E-state index contributed by atoms with van der Waals surface area (Å²) in [6, 6.07) is 3.35. The number of hydrazone groups is 1. The van der Waals surface area contributed by atoms with E-state index in [2.05, 4.69) is 17.3 Å². The normalized spacial score (nSPS) is 29.5. The lowest BCUT2D eigenvalue weighted by Crippen LogP contribution is -2.48. The van der Waals surface area contributed by atoms with E-state index in [1.165, 1.54) is 6.21 Å². The van der Waals surface area contributed by atoms with Crippen LogP contribution < -0.4 is 5.32 Å². The molecular formula is C17H21N3O3. The van der Waals surface area contributed by atoms with E-state index < -0.39 is 11.6 Å². The first-order valence-corrected chi connectivity index (χ1v) is 8.39. The molecule has 1 saturated heterocycles. The molecule has 1 aromatic heterocycles. The van der Waals surface area contributed by atoms with Crippen LogP contribution in [0, 0.1) is 5.92 Å². The number of hydrogen-bond donors (Lipinski definition) is 1. The van der Waals surface area contributed by atoms with Crippen LogP contribution >= 0.6 is 0 Å². The maximum atomic E-state index is 12.6.